The summed E-state index contributed by atoms with van der Waals surface area (Å²) in [6.07, 6.45) is 13.9. The summed E-state index contributed by atoms with van der Waals surface area (Å²) in [6.45, 7) is 52.0. The van der Waals surface area contributed by atoms with E-state index >= 15 is 0 Å². The SMILES string of the molecule is CC(C)(C)c1nc(-c2cccc(P(C)(C)=O)c2)no1.CC(C)(C)c1nc(-n2cnc(S(=O)(=O)N3CCOCC3)c2)no1.CC(C)(C)c1nnc(CCc2ccccc2)o1.CC(C)(C)c1nnc(CN2CCC(N)CC2)o1.CC(C)(C)c1nnc(CSc2ccccc2)o1.CC(C)(C)c1noc(C(=O)CCC2CCCN2)n1.CC(C)(C)c1noc(Cn2cccn2)n1. The third-order valence-corrected chi connectivity index (χ3v) is 23.6. The molecule has 9 aromatic heterocycles. The Kier molecular flexibility index (Phi) is 34.6. The number of likely N-dealkylation sites (tertiary alicyclic amines) is 1. The molecule has 0 bridgehead atoms. The highest BCUT2D eigenvalue weighted by atomic mass is 32.2. The molecule has 34 nitrogen and oxygen atoms in total. The van der Waals surface area contributed by atoms with Gasteiger partial charge in [0.25, 0.3) is 21.9 Å². The fourth-order valence-electron chi connectivity index (χ4n) is 11.7. The summed E-state index contributed by atoms with van der Waals surface area (Å²) in [7, 11) is -5.91. The standard InChI is InChI=1S/C14H19N2O2P.C14H18N2O.C13H19N5O4S.C13H21N3O2.C13H16N2OS.C12H22N4O.C10H14N4O/c1-14(2,3)13-15-12(16-18-13)10-7-6-8-11(9-10)19(4,5)17;1-14(2,3)13-16-15-12(17-13)10-9-11-7-5-4-6-8-11;1-13(2,3)11-15-12(16-22-11)17-8-10(14-9-17)23(19,20)18-4-6-21-7-5-18;1-13(2,3)12-15-11(18-16-12)10(17)7-6-9-5-4-8-14-9;1-13(2,3)12-15-14-11(16-12)9-17-10-7-5-4-6-8-10;1-12(2,3)11-15-14-10(17-11)8-16-6-4-9(13)5-7-16;1-10(2,3)9-12-8(15-13-9)7-14-6-4-5-11-14/h6-9H,1-5H3;4-8H,9-10H2,1-3H3;8-9H,4-7H2,1-3H3;9,14H,4-8H2,1-3H3;4-8H,9H2,1-3H3;9H,4-8,13H2,1-3H3;4-6H,7H2,1-3H3. The highest BCUT2D eigenvalue weighted by Gasteiger charge is 2.33. The Balaban J connectivity index is 0.000000167. The van der Waals surface area contributed by atoms with Crippen LogP contribution >= 0.6 is 18.9 Å². The number of ether oxygens (including phenoxy) is 1. The van der Waals surface area contributed by atoms with Gasteiger partial charge in [-0.3, -0.25) is 18.9 Å². The van der Waals surface area contributed by atoms with E-state index in [1.54, 1.807) is 36.0 Å². The number of ketones is 1. The molecule has 684 valence electrons. The lowest BCUT2D eigenvalue weighted by Crippen LogP contribution is -2.40. The maximum Gasteiger partial charge on any atom is 0.294 e. The van der Waals surface area contributed by atoms with Crippen LogP contribution < -0.4 is 16.4 Å². The number of morpholine rings is 1. The maximum atomic E-state index is 12.5. The molecule has 3 aromatic carbocycles. The summed E-state index contributed by atoms with van der Waals surface area (Å²) in [6, 6.07) is 30.8. The number of thioether (sulfide) groups is 1. The molecule has 1 atom stereocenters. The number of sulfonamides is 1. The summed E-state index contributed by atoms with van der Waals surface area (Å²) in [5.41, 5.74) is 7.06. The normalized spacial score (nSPS) is 15.3. The third-order valence-electron chi connectivity index (χ3n) is 19.3. The zero-order chi connectivity index (χ0) is 92.1. The van der Waals surface area contributed by atoms with Gasteiger partial charge in [-0.2, -0.15) is 29.3 Å². The number of nitrogens with zero attached hydrogens (tertiary/aromatic N) is 20. The van der Waals surface area contributed by atoms with Crippen molar-refractivity contribution in [2.45, 2.75) is 276 Å². The Labute approximate surface area is 744 Å². The number of carbonyl (C=O) groups is 1. The van der Waals surface area contributed by atoms with Crippen LogP contribution in [0.3, 0.4) is 0 Å². The number of imidazole rings is 1. The van der Waals surface area contributed by atoms with Crippen LogP contribution in [0, 0.1) is 0 Å². The van der Waals surface area contributed by atoms with Crippen molar-refractivity contribution in [1.82, 2.24) is 105 Å². The fraction of sp³-hybridized carbons (Fsp3) is 0.562. The van der Waals surface area contributed by atoms with Crippen molar-refractivity contribution in [3.8, 4) is 17.3 Å². The molecule has 0 amide bonds. The number of aromatic nitrogens is 18. The first kappa shape index (κ1) is 99.8. The minimum atomic E-state index is -3.64. The van der Waals surface area contributed by atoms with Crippen LogP contribution in [-0.4, -0.2) is 185 Å². The first-order chi connectivity index (χ1) is 59.0. The molecule has 0 radical (unpaired) electrons. The first-order valence-electron chi connectivity index (χ1n) is 42.6. The summed E-state index contributed by atoms with van der Waals surface area (Å²) in [4.78, 5) is 36.6. The van der Waals surface area contributed by atoms with Gasteiger partial charge in [-0.05, 0) is 93.4 Å². The van der Waals surface area contributed by atoms with Crippen molar-refractivity contribution >= 4 is 40.0 Å². The lowest BCUT2D eigenvalue weighted by atomic mass is 9.96. The number of nitrogens with one attached hydrogen (secondary N) is 1. The summed E-state index contributed by atoms with van der Waals surface area (Å²) in [5, 5.41) is 48.4. The average molecular weight is 1790 g/mol. The lowest BCUT2D eigenvalue weighted by molar-refractivity contribution is 0.0729. The second kappa shape index (κ2) is 43.7. The molecule has 12 aromatic rings. The van der Waals surface area contributed by atoms with Gasteiger partial charge < -0.3 is 51.7 Å². The van der Waals surface area contributed by atoms with Crippen LogP contribution in [0.15, 0.2) is 157 Å². The molecule has 37 heteroatoms. The first-order valence-corrected chi connectivity index (χ1v) is 47.6. The van der Waals surface area contributed by atoms with E-state index in [2.05, 4.69) is 199 Å². The maximum absolute atomic E-state index is 12.5. The van der Waals surface area contributed by atoms with E-state index in [0.29, 0.717) is 116 Å². The number of aryl methyl sites for hydroxylation is 2. The van der Waals surface area contributed by atoms with Gasteiger partial charge in [0, 0.05) is 117 Å². The van der Waals surface area contributed by atoms with Crippen LogP contribution in [0.2, 0.25) is 0 Å². The van der Waals surface area contributed by atoms with E-state index < -0.39 is 17.2 Å². The number of hydrogen-bond donors (Lipinski definition) is 2. The lowest BCUT2D eigenvalue weighted by Gasteiger charge is -2.28. The van der Waals surface area contributed by atoms with Gasteiger partial charge in [-0.25, -0.2) is 13.4 Å². The Morgan fingerprint density at radius 2 is 1.13 bits per heavy atom. The highest BCUT2D eigenvalue weighted by Crippen LogP contribution is 2.36. The van der Waals surface area contributed by atoms with Crippen molar-refractivity contribution in [2.24, 2.45) is 5.73 Å². The summed E-state index contributed by atoms with van der Waals surface area (Å²) < 4.78 is 84.5. The molecule has 1 unspecified atom stereocenters. The second-order valence-electron chi connectivity index (χ2n) is 38.7. The quantitative estimate of drug-likeness (QED) is 0.0431. The van der Waals surface area contributed by atoms with Crippen LogP contribution in [0.4, 0.5) is 0 Å². The molecule has 3 saturated heterocycles. The van der Waals surface area contributed by atoms with Crippen molar-refractivity contribution in [3.63, 3.8) is 0 Å². The van der Waals surface area contributed by atoms with Crippen LogP contribution in [-0.2, 0) is 88.9 Å². The number of nitrogens with two attached hydrogens (primary N) is 1. The van der Waals surface area contributed by atoms with Crippen molar-refractivity contribution < 1.29 is 53.9 Å². The van der Waals surface area contributed by atoms with Crippen molar-refractivity contribution in [2.75, 3.05) is 59.3 Å². The third kappa shape index (κ3) is 31.5. The van der Waals surface area contributed by atoms with E-state index in [1.165, 1.54) is 38.3 Å². The van der Waals surface area contributed by atoms with E-state index in [-0.39, 0.29) is 60.6 Å². The van der Waals surface area contributed by atoms with Gasteiger partial charge in [0.15, 0.2) is 16.7 Å². The van der Waals surface area contributed by atoms with Crippen LogP contribution in [0.1, 0.15) is 265 Å². The smallest absolute Gasteiger partial charge is 0.294 e. The summed E-state index contributed by atoms with van der Waals surface area (Å²) in [5.74, 6) is 8.82. The van der Waals surface area contributed by atoms with Gasteiger partial charge in [0.05, 0.1) is 31.7 Å². The van der Waals surface area contributed by atoms with Gasteiger partial charge >= 0.3 is 0 Å². The summed E-state index contributed by atoms with van der Waals surface area (Å²) >= 11 is 1.70. The molecule has 3 fully saturated rings. The molecule has 0 spiro atoms. The number of carbonyl (C=O) groups excluding carboxylic acids is 1. The number of benzene rings is 3. The van der Waals surface area contributed by atoms with E-state index in [0.717, 1.165) is 87.3 Å². The Hall–Kier alpha value is -9.94. The number of piperidine rings is 1. The zero-order valence-electron chi connectivity index (χ0n) is 77.5. The fourth-order valence-corrected chi connectivity index (χ4v) is 14.7. The zero-order valence-corrected chi connectivity index (χ0v) is 80.1. The molecule has 3 aliphatic heterocycles. The Bertz CT molecular complexity index is 5340. The monoisotopic (exact) mass is 1790 g/mol. The van der Waals surface area contributed by atoms with Gasteiger partial charge in [0.2, 0.25) is 64.6 Å². The van der Waals surface area contributed by atoms with Gasteiger partial charge in [-0.1, -0.05) is 228 Å². The van der Waals surface area contributed by atoms with Crippen molar-refractivity contribution in [3.05, 3.63) is 192 Å². The molecule has 3 N–H and O–H groups in total. The van der Waals surface area contributed by atoms with Crippen LogP contribution in [0.5, 0.6) is 0 Å². The highest BCUT2D eigenvalue weighted by molar-refractivity contribution is 7.98. The number of rotatable bonds is 19. The van der Waals surface area contributed by atoms with E-state index in [9.17, 15) is 17.8 Å². The largest absolute Gasteiger partial charge is 0.425 e. The van der Waals surface area contributed by atoms with Crippen LogP contribution in [0.25, 0.3) is 17.3 Å². The second-order valence-corrected chi connectivity index (χ2v) is 44.9. The Morgan fingerprint density at radius 3 is 1.67 bits per heavy atom. The van der Waals surface area contributed by atoms with Crippen molar-refractivity contribution in [1.29, 1.82) is 0 Å². The molecule has 15 rings (SSSR count). The van der Waals surface area contributed by atoms with E-state index in [4.69, 9.17) is 41.8 Å². The minimum absolute atomic E-state index is 0.0403. The predicted octanol–water partition coefficient (Wildman–Crippen LogP) is 15.7. The van der Waals surface area contributed by atoms with E-state index in [1.807, 2.05) is 135 Å². The average Bonchev–Trinajstić information content (AvgIpc) is 1.63. The minimum Gasteiger partial charge on any atom is -0.425 e. The van der Waals surface area contributed by atoms with Gasteiger partial charge in [0.1, 0.15) is 20.0 Å². The van der Waals surface area contributed by atoms with Gasteiger partial charge in [-0.15, -0.1) is 42.4 Å². The number of hydrogen-bond acceptors (Lipinski definition) is 32. The number of Topliss-reactive ketones (excluding diaryl/α,β-unsaturated/α-hetero) is 1. The Morgan fingerprint density at radius 1 is 0.563 bits per heavy atom. The molecular weight excluding hydrogens is 1660 g/mol. The predicted molar refractivity (Wildman–Crippen MR) is 480 cm³/mol. The molecular formula is C89H129N22O12PS2. The molecule has 0 aliphatic carbocycles. The molecule has 3 aliphatic rings. The molecule has 12 heterocycles. The molecule has 126 heavy (non-hydrogen) atoms. The molecule has 0 saturated carbocycles. The topological polar surface area (TPSA) is 430 Å².